The van der Waals surface area contributed by atoms with E-state index in [1.165, 1.54) is 38.5 Å². The second kappa shape index (κ2) is 12.7. The van der Waals surface area contributed by atoms with Crippen LogP contribution in [-0.2, 0) is 0 Å². The summed E-state index contributed by atoms with van der Waals surface area (Å²) in [5.74, 6) is 0. The van der Waals surface area contributed by atoms with E-state index in [2.05, 4.69) is 203 Å². The van der Waals surface area contributed by atoms with Crippen LogP contribution in [0.25, 0.3) is 60.9 Å². The molecule has 2 aromatic heterocycles. The van der Waals surface area contributed by atoms with Gasteiger partial charge in [-0.3, -0.25) is 4.98 Å². The summed E-state index contributed by atoms with van der Waals surface area (Å²) in [7, 11) is 0. The van der Waals surface area contributed by atoms with Crippen LogP contribution in [0.15, 0.2) is 200 Å². The van der Waals surface area contributed by atoms with E-state index in [1.807, 2.05) is 12.4 Å². The Morgan fingerprint density at radius 3 is 1.52 bits per heavy atom. The lowest BCUT2D eigenvalue weighted by molar-refractivity contribution is 1.18. The van der Waals surface area contributed by atoms with E-state index < -0.39 is 0 Å². The highest BCUT2D eigenvalue weighted by atomic mass is 15.1. The highest BCUT2D eigenvalue weighted by Gasteiger charge is 2.21. The maximum atomic E-state index is 4.23. The SMILES string of the molecule is c1ccc(-c2ccc(N(c3ccc(-c4ccccc4)cc3)c3cccc4c3c3ccccc3n4-c3cccc(-c4ccncc4)c3)cc2)cc1. The molecule has 9 aromatic rings. The zero-order valence-electron chi connectivity index (χ0n) is 27.4. The Bertz CT molecular complexity index is 2470. The number of hydrogen-bond acceptors (Lipinski definition) is 2. The maximum Gasteiger partial charge on any atom is 0.0562 e. The third-order valence-corrected chi connectivity index (χ3v) is 9.50. The number of pyridine rings is 1. The lowest BCUT2D eigenvalue weighted by Crippen LogP contribution is -2.10. The topological polar surface area (TPSA) is 21.1 Å². The highest BCUT2D eigenvalue weighted by Crippen LogP contribution is 2.44. The summed E-state index contributed by atoms with van der Waals surface area (Å²) in [4.78, 5) is 6.63. The summed E-state index contributed by atoms with van der Waals surface area (Å²) in [6.45, 7) is 0. The predicted molar refractivity (Wildman–Crippen MR) is 210 cm³/mol. The van der Waals surface area contributed by atoms with Crippen LogP contribution in [0.3, 0.4) is 0 Å². The fourth-order valence-electron chi connectivity index (χ4n) is 7.13. The van der Waals surface area contributed by atoms with Gasteiger partial charge in [0.05, 0.1) is 16.7 Å². The predicted octanol–water partition coefficient (Wildman–Crippen LogP) is 12.6. The van der Waals surface area contributed by atoms with Crippen LogP contribution >= 0.6 is 0 Å². The molecule has 0 atom stereocenters. The molecule has 3 nitrogen and oxygen atoms in total. The molecule has 0 radical (unpaired) electrons. The minimum absolute atomic E-state index is 1.10. The molecule has 0 bridgehead atoms. The number of nitrogens with zero attached hydrogens (tertiary/aromatic N) is 3. The molecule has 0 spiro atoms. The maximum absolute atomic E-state index is 4.23. The molecule has 0 saturated carbocycles. The van der Waals surface area contributed by atoms with Gasteiger partial charge in [0, 0.05) is 40.2 Å². The number of rotatable bonds is 7. The van der Waals surface area contributed by atoms with Crippen LogP contribution in [0, 0.1) is 0 Å². The van der Waals surface area contributed by atoms with E-state index in [0.29, 0.717) is 0 Å². The third kappa shape index (κ3) is 5.32. The van der Waals surface area contributed by atoms with Gasteiger partial charge in [-0.25, -0.2) is 0 Å². The number of para-hydroxylation sites is 1. The first kappa shape index (κ1) is 29.4. The molecule has 0 N–H and O–H groups in total. The van der Waals surface area contributed by atoms with Crippen molar-refractivity contribution in [3.05, 3.63) is 200 Å². The minimum Gasteiger partial charge on any atom is -0.310 e. The molecule has 0 saturated heterocycles. The number of fused-ring (bicyclic) bond motifs is 3. The Hall–Kier alpha value is -6.71. The second-order valence-corrected chi connectivity index (χ2v) is 12.5. The normalized spacial score (nSPS) is 11.2. The Morgan fingerprint density at radius 1 is 0.380 bits per heavy atom. The molecular weight excluding hydrogens is 607 g/mol. The molecule has 0 amide bonds. The standard InChI is InChI=1S/C47H33N3/c1-3-11-34(12-4-1)36-21-25-40(26-22-36)49(41-27-23-37(24-28-41)35-13-5-2-6-14-35)45-19-10-20-46-47(45)43-17-7-8-18-44(43)50(46)42-16-9-15-39(33-42)38-29-31-48-32-30-38/h1-33H. The van der Waals surface area contributed by atoms with Crippen LogP contribution in [0.4, 0.5) is 17.1 Å². The second-order valence-electron chi connectivity index (χ2n) is 12.5. The van der Waals surface area contributed by atoms with Crippen LogP contribution in [-0.4, -0.2) is 9.55 Å². The van der Waals surface area contributed by atoms with Crippen LogP contribution in [0.5, 0.6) is 0 Å². The first-order valence-corrected chi connectivity index (χ1v) is 17.0. The van der Waals surface area contributed by atoms with Gasteiger partial charge in [0.15, 0.2) is 0 Å². The summed E-state index contributed by atoms with van der Waals surface area (Å²) in [6, 6.07) is 67.3. The molecule has 9 rings (SSSR count). The fraction of sp³-hybridized carbons (Fsp3) is 0. The molecule has 0 aliphatic heterocycles. The van der Waals surface area contributed by atoms with Gasteiger partial charge in [-0.05, 0) is 100 Å². The van der Waals surface area contributed by atoms with E-state index in [9.17, 15) is 0 Å². The first-order chi connectivity index (χ1) is 24.8. The Labute approximate surface area is 292 Å². The molecular formula is C47H33N3. The summed E-state index contributed by atoms with van der Waals surface area (Å²) < 4.78 is 2.40. The van der Waals surface area contributed by atoms with Crippen LogP contribution < -0.4 is 4.90 Å². The van der Waals surface area contributed by atoms with Crippen molar-refractivity contribution in [2.24, 2.45) is 0 Å². The van der Waals surface area contributed by atoms with E-state index in [4.69, 9.17) is 0 Å². The van der Waals surface area contributed by atoms with E-state index in [-0.39, 0.29) is 0 Å². The Morgan fingerprint density at radius 2 is 0.880 bits per heavy atom. The van der Waals surface area contributed by atoms with Crippen molar-refractivity contribution in [2.45, 2.75) is 0 Å². The number of benzene rings is 7. The molecule has 2 heterocycles. The monoisotopic (exact) mass is 639 g/mol. The molecule has 3 heteroatoms. The van der Waals surface area contributed by atoms with Gasteiger partial charge in [-0.15, -0.1) is 0 Å². The Kier molecular flexibility index (Phi) is 7.49. The van der Waals surface area contributed by atoms with Crippen molar-refractivity contribution in [1.82, 2.24) is 9.55 Å². The van der Waals surface area contributed by atoms with Crippen molar-refractivity contribution < 1.29 is 0 Å². The summed E-state index contributed by atoms with van der Waals surface area (Å²) in [5.41, 5.74) is 13.9. The van der Waals surface area contributed by atoms with E-state index in [0.717, 1.165) is 39.4 Å². The third-order valence-electron chi connectivity index (χ3n) is 9.50. The number of anilines is 3. The molecule has 0 fully saturated rings. The summed E-state index contributed by atoms with van der Waals surface area (Å²) in [6.07, 6.45) is 3.70. The van der Waals surface area contributed by atoms with Gasteiger partial charge in [-0.2, -0.15) is 0 Å². The average Bonchev–Trinajstić information content (AvgIpc) is 3.55. The molecule has 0 aliphatic carbocycles. The van der Waals surface area contributed by atoms with Crippen LogP contribution in [0.2, 0.25) is 0 Å². The Balaban J connectivity index is 1.25. The fourth-order valence-corrected chi connectivity index (χ4v) is 7.13. The van der Waals surface area contributed by atoms with Crippen molar-refractivity contribution in [3.63, 3.8) is 0 Å². The zero-order chi connectivity index (χ0) is 33.3. The smallest absolute Gasteiger partial charge is 0.0562 e. The molecule has 0 aliphatic rings. The quantitative estimate of drug-likeness (QED) is 0.173. The van der Waals surface area contributed by atoms with E-state index >= 15 is 0 Å². The average molecular weight is 640 g/mol. The molecule has 50 heavy (non-hydrogen) atoms. The largest absolute Gasteiger partial charge is 0.310 e. The van der Waals surface area contributed by atoms with Gasteiger partial charge < -0.3 is 9.47 Å². The summed E-state index contributed by atoms with van der Waals surface area (Å²) in [5, 5.41) is 2.41. The van der Waals surface area contributed by atoms with Gasteiger partial charge in [0.25, 0.3) is 0 Å². The summed E-state index contributed by atoms with van der Waals surface area (Å²) >= 11 is 0. The van der Waals surface area contributed by atoms with E-state index in [1.54, 1.807) is 0 Å². The lowest BCUT2D eigenvalue weighted by atomic mass is 10.0. The molecule has 0 unspecified atom stereocenters. The van der Waals surface area contributed by atoms with Gasteiger partial charge in [0.2, 0.25) is 0 Å². The van der Waals surface area contributed by atoms with Crippen molar-refractivity contribution in [3.8, 4) is 39.1 Å². The van der Waals surface area contributed by atoms with Crippen molar-refractivity contribution >= 4 is 38.9 Å². The minimum atomic E-state index is 1.10. The van der Waals surface area contributed by atoms with Gasteiger partial charge >= 0.3 is 0 Å². The number of hydrogen-bond donors (Lipinski definition) is 0. The molecule has 236 valence electrons. The van der Waals surface area contributed by atoms with Crippen molar-refractivity contribution in [1.29, 1.82) is 0 Å². The van der Waals surface area contributed by atoms with Gasteiger partial charge in [-0.1, -0.05) is 121 Å². The highest BCUT2D eigenvalue weighted by molar-refractivity contribution is 6.16. The number of aromatic nitrogens is 2. The lowest BCUT2D eigenvalue weighted by Gasteiger charge is -2.27. The zero-order valence-corrected chi connectivity index (χ0v) is 27.4. The van der Waals surface area contributed by atoms with Crippen LogP contribution in [0.1, 0.15) is 0 Å². The van der Waals surface area contributed by atoms with Crippen molar-refractivity contribution in [2.75, 3.05) is 4.90 Å². The molecule has 7 aromatic carbocycles. The van der Waals surface area contributed by atoms with Gasteiger partial charge in [0.1, 0.15) is 0 Å². The first-order valence-electron chi connectivity index (χ1n) is 17.0.